The minimum atomic E-state index is -1.76. The first-order valence-electron chi connectivity index (χ1n) is 5.28. The van der Waals surface area contributed by atoms with Crippen LogP contribution in [0.3, 0.4) is 0 Å². The minimum Gasteiger partial charge on any atom is -0.249 e. The molecule has 0 fully saturated rings. The topological polar surface area (TPSA) is 64.7 Å². The predicted octanol–water partition coefficient (Wildman–Crippen LogP) is 2.74. The third-order valence-corrected chi connectivity index (χ3v) is 3.99. The number of rotatable bonds is 2. The van der Waals surface area contributed by atoms with Crippen molar-refractivity contribution in [1.82, 2.24) is 0 Å². The van der Waals surface area contributed by atoms with Crippen molar-refractivity contribution in [3.63, 3.8) is 0 Å². The van der Waals surface area contributed by atoms with E-state index < -0.39 is 16.6 Å². The number of hydrogen-bond acceptors (Lipinski definition) is 3. The number of hydrogen-bond donors (Lipinski definition) is 0. The number of benzene rings is 2. The zero-order chi connectivity index (χ0) is 13.8. The number of nitriles is 2. The summed E-state index contributed by atoms with van der Waals surface area (Å²) < 4.78 is 25.9. The summed E-state index contributed by atoms with van der Waals surface area (Å²) in [5, 5.41) is 17.9. The van der Waals surface area contributed by atoms with Crippen LogP contribution < -0.4 is 0 Å². The monoisotopic (exact) mass is 270 g/mol. The molecule has 0 bridgehead atoms. The molecule has 0 radical (unpaired) electrons. The zero-order valence-corrected chi connectivity index (χ0v) is 10.4. The van der Waals surface area contributed by atoms with E-state index in [0.717, 1.165) is 6.07 Å². The van der Waals surface area contributed by atoms with Gasteiger partial charge in [-0.3, -0.25) is 0 Å². The van der Waals surface area contributed by atoms with Crippen LogP contribution in [0.25, 0.3) is 0 Å². The lowest BCUT2D eigenvalue weighted by Gasteiger charge is -2.06. The van der Waals surface area contributed by atoms with Crippen molar-refractivity contribution in [3.05, 3.63) is 59.4 Å². The molecule has 0 saturated carbocycles. The minimum absolute atomic E-state index is 0.0743. The zero-order valence-electron chi connectivity index (χ0n) is 9.63. The van der Waals surface area contributed by atoms with Gasteiger partial charge < -0.3 is 0 Å². The van der Waals surface area contributed by atoms with Gasteiger partial charge >= 0.3 is 0 Å². The molecule has 0 amide bonds. The van der Waals surface area contributed by atoms with E-state index in [-0.39, 0.29) is 20.9 Å². The first kappa shape index (κ1) is 12.9. The molecule has 0 aliphatic heterocycles. The number of nitrogens with zero attached hydrogens (tertiary/aromatic N) is 2. The van der Waals surface area contributed by atoms with Crippen molar-refractivity contribution in [3.8, 4) is 12.1 Å². The lowest BCUT2D eigenvalue weighted by molar-refractivity contribution is 0.618. The van der Waals surface area contributed by atoms with E-state index in [9.17, 15) is 8.60 Å². The maximum atomic E-state index is 13.5. The molecular weight excluding hydrogens is 263 g/mol. The van der Waals surface area contributed by atoms with E-state index in [1.54, 1.807) is 18.2 Å². The lowest BCUT2D eigenvalue weighted by atomic mass is 10.2. The van der Waals surface area contributed by atoms with Gasteiger partial charge in [-0.15, -0.1) is 0 Å². The van der Waals surface area contributed by atoms with Crippen LogP contribution in [0, 0.1) is 28.5 Å². The molecule has 1 unspecified atom stereocenters. The van der Waals surface area contributed by atoms with Crippen LogP contribution in [0.15, 0.2) is 52.3 Å². The second-order valence-electron chi connectivity index (χ2n) is 3.60. The Morgan fingerprint density at radius 1 is 0.947 bits per heavy atom. The van der Waals surface area contributed by atoms with Gasteiger partial charge in [-0.25, -0.2) is 8.60 Å². The highest BCUT2D eigenvalue weighted by Gasteiger charge is 2.17. The summed E-state index contributed by atoms with van der Waals surface area (Å²) in [6.45, 7) is 0. The standard InChI is InChI=1S/C14H7FN2OS/c15-12-5-3-7-14(11(12)9-17)19(18)13-6-2-1-4-10(13)8-16/h1-7H. The summed E-state index contributed by atoms with van der Waals surface area (Å²) in [6.07, 6.45) is 0. The number of halogens is 1. The van der Waals surface area contributed by atoms with Gasteiger partial charge in [-0.2, -0.15) is 10.5 Å². The Morgan fingerprint density at radius 2 is 1.63 bits per heavy atom. The van der Waals surface area contributed by atoms with Crippen LogP contribution in [-0.4, -0.2) is 4.21 Å². The smallest absolute Gasteiger partial charge is 0.142 e. The fourth-order valence-electron chi connectivity index (χ4n) is 1.61. The Morgan fingerprint density at radius 3 is 2.32 bits per heavy atom. The van der Waals surface area contributed by atoms with Gasteiger partial charge in [0, 0.05) is 0 Å². The highest BCUT2D eigenvalue weighted by atomic mass is 32.2. The Labute approximate surface area is 112 Å². The van der Waals surface area contributed by atoms with Crippen molar-refractivity contribution >= 4 is 10.8 Å². The third-order valence-electron chi connectivity index (χ3n) is 2.49. The maximum Gasteiger partial charge on any atom is 0.142 e. The first-order chi connectivity index (χ1) is 9.19. The van der Waals surface area contributed by atoms with E-state index >= 15 is 0 Å². The predicted molar refractivity (Wildman–Crippen MR) is 66.9 cm³/mol. The van der Waals surface area contributed by atoms with Gasteiger partial charge in [0.25, 0.3) is 0 Å². The van der Waals surface area contributed by atoms with Gasteiger partial charge in [-0.1, -0.05) is 18.2 Å². The highest BCUT2D eigenvalue weighted by molar-refractivity contribution is 7.85. The van der Waals surface area contributed by atoms with Crippen molar-refractivity contribution in [2.24, 2.45) is 0 Å². The van der Waals surface area contributed by atoms with E-state index in [4.69, 9.17) is 10.5 Å². The van der Waals surface area contributed by atoms with Crippen molar-refractivity contribution in [2.75, 3.05) is 0 Å². The molecule has 0 saturated heterocycles. The fourth-order valence-corrected chi connectivity index (χ4v) is 2.89. The summed E-state index contributed by atoms with van der Waals surface area (Å²) in [7, 11) is -1.76. The van der Waals surface area contributed by atoms with E-state index in [2.05, 4.69) is 0 Å². The Hall–Kier alpha value is -2.50. The van der Waals surface area contributed by atoms with Gasteiger partial charge in [0.05, 0.1) is 26.2 Å². The van der Waals surface area contributed by atoms with E-state index in [0.29, 0.717) is 0 Å². The summed E-state index contributed by atoms with van der Waals surface area (Å²) in [5.74, 6) is -0.720. The molecule has 5 heteroatoms. The molecule has 0 aliphatic carbocycles. The third kappa shape index (κ3) is 2.37. The first-order valence-corrected chi connectivity index (χ1v) is 6.43. The maximum absolute atomic E-state index is 13.5. The Kier molecular flexibility index (Phi) is 3.70. The summed E-state index contributed by atoms with van der Waals surface area (Å²) in [6, 6.07) is 13.9. The van der Waals surface area contributed by atoms with E-state index in [1.165, 1.54) is 24.3 Å². The second kappa shape index (κ2) is 5.43. The van der Waals surface area contributed by atoms with Gasteiger partial charge in [0.1, 0.15) is 23.5 Å². The SMILES string of the molecule is N#Cc1ccccc1S(=O)c1cccc(F)c1C#N. The molecule has 0 aliphatic rings. The molecule has 2 rings (SSSR count). The van der Waals surface area contributed by atoms with E-state index in [1.807, 2.05) is 6.07 Å². The van der Waals surface area contributed by atoms with Crippen molar-refractivity contribution in [1.29, 1.82) is 10.5 Å². The molecule has 1 atom stereocenters. The quantitative estimate of drug-likeness (QED) is 0.842. The largest absolute Gasteiger partial charge is 0.249 e. The fraction of sp³-hybridized carbons (Fsp3) is 0. The molecular formula is C14H7FN2OS. The Balaban J connectivity index is 2.62. The molecule has 2 aromatic carbocycles. The average molecular weight is 270 g/mol. The molecule has 0 spiro atoms. The van der Waals surface area contributed by atoms with Gasteiger partial charge in [0.2, 0.25) is 0 Å². The molecule has 19 heavy (non-hydrogen) atoms. The molecule has 92 valence electrons. The van der Waals surface area contributed by atoms with Crippen molar-refractivity contribution < 1.29 is 8.60 Å². The summed E-state index contributed by atoms with van der Waals surface area (Å²) in [5.41, 5.74) is -0.0115. The molecule has 0 aromatic heterocycles. The molecule has 0 heterocycles. The Bertz CT molecular complexity index is 744. The van der Waals surface area contributed by atoms with Crippen LogP contribution in [0.5, 0.6) is 0 Å². The molecule has 2 aromatic rings. The van der Waals surface area contributed by atoms with Crippen LogP contribution in [0.4, 0.5) is 4.39 Å². The van der Waals surface area contributed by atoms with Gasteiger partial charge in [-0.05, 0) is 24.3 Å². The summed E-state index contributed by atoms with van der Waals surface area (Å²) >= 11 is 0. The van der Waals surface area contributed by atoms with Crippen LogP contribution in [-0.2, 0) is 10.8 Å². The summed E-state index contributed by atoms with van der Waals surface area (Å²) in [4.78, 5) is 0.345. The van der Waals surface area contributed by atoms with Crippen LogP contribution >= 0.6 is 0 Å². The highest BCUT2D eigenvalue weighted by Crippen LogP contribution is 2.23. The van der Waals surface area contributed by atoms with Crippen LogP contribution in [0.2, 0.25) is 0 Å². The second-order valence-corrected chi connectivity index (χ2v) is 5.02. The van der Waals surface area contributed by atoms with Crippen LogP contribution in [0.1, 0.15) is 11.1 Å². The normalized spacial score (nSPS) is 11.3. The molecule has 0 N–H and O–H groups in total. The average Bonchev–Trinajstić information content (AvgIpc) is 2.46. The molecule has 3 nitrogen and oxygen atoms in total. The van der Waals surface area contributed by atoms with Crippen molar-refractivity contribution in [2.45, 2.75) is 9.79 Å². The lowest BCUT2D eigenvalue weighted by Crippen LogP contribution is -2.00. The van der Waals surface area contributed by atoms with Gasteiger partial charge in [0.15, 0.2) is 0 Å².